The molecular weight excluding hydrogens is 424 g/mol. The standard InChI is InChI=1S/C25H36N2O4S/c1-10-17(6)31-25-21(13-26-27(25)14-15(2)3)24(28)20-11-12-22(32(9,29)30)23(19(20)8)18(7)16(4)5/h11-13,15,17H,10,14H2,1-9H3. The second kappa shape index (κ2) is 10.0. The van der Waals surface area contributed by atoms with Crippen molar-refractivity contribution in [2.75, 3.05) is 6.26 Å². The second-order valence-electron chi connectivity index (χ2n) is 9.11. The van der Waals surface area contributed by atoms with Crippen LogP contribution in [0.15, 0.2) is 28.8 Å². The molecule has 1 atom stereocenters. The monoisotopic (exact) mass is 460 g/mol. The van der Waals surface area contributed by atoms with Crippen LogP contribution in [0.3, 0.4) is 0 Å². The lowest BCUT2D eigenvalue weighted by Gasteiger charge is -2.18. The maximum Gasteiger partial charge on any atom is 0.223 e. The summed E-state index contributed by atoms with van der Waals surface area (Å²) in [4.78, 5) is 13.9. The summed E-state index contributed by atoms with van der Waals surface area (Å²) in [6.45, 7) is 16.3. The van der Waals surface area contributed by atoms with E-state index in [-0.39, 0.29) is 16.8 Å². The Morgan fingerprint density at radius 2 is 1.75 bits per heavy atom. The van der Waals surface area contributed by atoms with E-state index in [1.807, 2.05) is 34.6 Å². The highest BCUT2D eigenvalue weighted by Crippen LogP contribution is 2.33. The summed E-state index contributed by atoms with van der Waals surface area (Å²) in [6.07, 6.45) is 3.48. The predicted octanol–water partition coefficient (Wildman–Crippen LogP) is 5.47. The van der Waals surface area contributed by atoms with Crippen molar-refractivity contribution in [1.82, 2.24) is 9.78 Å². The first-order chi connectivity index (χ1) is 14.8. The number of aromatic nitrogens is 2. The number of sulfone groups is 1. The van der Waals surface area contributed by atoms with Crippen LogP contribution in [0.4, 0.5) is 0 Å². The molecule has 2 aromatic rings. The highest BCUT2D eigenvalue weighted by molar-refractivity contribution is 7.90. The van der Waals surface area contributed by atoms with Crippen molar-refractivity contribution in [2.24, 2.45) is 5.92 Å². The lowest BCUT2D eigenvalue weighted by atomic mass is 9.91. The minimum atomic E-state index is -3.47. The molecule has 0 radical (unpaired) electrons. The fourth-order valence-electron chi connectivity index (χ4n) is 3.51. The molecule has 2 rings (SSSR count). The Bertz CT molecular complexity index is 1140. The molecule has 0 fully saturated rings. The first-order valence-electron chi connectivity index (χ1n) is 11.0. The van der Waals surface area contributed by atoms with E-state index in [0.29, 0.717) is 40.6 Å². The quantitative estimate of drug-likeness (QED) is 0.464. The van der Waals surface area contributed by atoms with Crippen molar-refractivity contribution >= 4 is 21.2 Å². The van der Waals surface area contributed by atoms with Crippen LogP contribution >= 0.6 is 0 Å². The van der Waals surface area contributed by atoms with Gasteiger partial charge in [0, 0.05) is 18.4 Å². The Kier molecular flexibility index (Phi) is 8.10. The summed E-state index contributed by atoms with van der Waals surface area (Å²) in [7, 11) is -3.47. The Balaban J connectivity index is 2.72. The third kappa shape index (κ3) is 5.49. The molecule has 7 heteroatoms. The smallest absolute Gasteiger partial charge is 0.223 e. The molecule has 1 aromatic carbocycles. The number of hydrogen-bond donors (Lipinski definition) is 0. The van der Waals surface area contributed by atoms with Crippen LogP contribution in [-0.4, -0.2) is 36.3 Å². The summed E-state index contributed by atoms with van der Waals surface area (Å²) < 4.78 is 32.8. The van der Waals surface area contributed by atoms with E-state index in [2.05, 4.69) is 18.9 Å². The molecule has 176 valence electrons. The fourth-order valence-corrected chi connectivity index (χ4v) is 4.50. The van der Waals surface area contributed by atoms with Gasteiger partial charge < -0.3 is 4.74 Å². The number of carbonyl (C=O) groups is 1. The highest BCUT2D eigenvalue weighted by Gasteiger charge is 2.26. The molecule has 0 aliphatic rings. The van der Waals surface area contributed by atoms with Crippen LogP contribution in [0, 0.1) is 12.8 Å². The Morgan fingerprint density at radius 1 is 1.12 bits per heavy atom. The van der Waals surface area contributed by atoms with Gasteiger partial charge in [-0.1, -0.05) is 26.3 Å². The first-order valence-corrected chi connectivity index (χ1v) is 12.9. The molecule has 0 aliphatic heterocycles. The largest absolute Gasteiger partial charge is 0.474 e. The highest BCUT2D eigenvalue weighted by atomic mass is 32.2. The minimum Gasteiger partial charge on any atom is -0.474 e. The lowest BCUT2D eigenvalue weighted by Crippen LogP contribution is -2.18. The van der Waals surface area contributed by atoms with Crippen LogP contribution in [-0.2, 0) is 16.4 Å². The van der Waals surface area contributed by atoms with Gasteiger partial charge in [-0.05, 0) is 75.8 Å². The van der Waals surface area contributed by atoms with Gasteiger partial charge in [-0.3, -0.25) is 4.79 Å². The van der Waals surface area contributed by atoms with E-state index < -0.39 is 9.84 Å². The molecule has 0 saturated carbocycles. The van der Waals surface area contributed by atoms with Crippen LogP contribution < -0.4 is 4.74 Å². The Labute approximate surface area is 192 Å². The number of ketones is 1. The predicted molar refractivity (Wildman–Crippen MR) is 129 cm³/mol. The topological polar surface area (TPSA) is 78.3 Å². The van der Waals surface area contributed by atoms with E-state index in [4.69, 9.17) is 4.74 Å². The first kappa shape index (κ1) is 25.8. The maximum absolute atomic E-state index is 13.7. The third-order valence-corrected chi connectivity index (χ3v) is 6.80. The number of benzene rings is 1. The van der Waals surface area contributed by atoms with Gasteiger partial charge in [0.05, 0.1) is 17.2 Å². The summed E-state index contributed by atoms with van der Waals surface area (Å²) in [6, 6.07) is 3.13. The van der Waals surface area contributed by atoms with E-state index in [1.165, 1.54) is 12.3 Å². The molecule has 0 amide bonds. The lowest BCUT2D eigenvalue weighted by molar-refractivity contribution is 0.102. The van der Waals surface area contributed by atoms with Crippen LogP contribution in [0.25, 0.3) is 5.57 Å². The molecular formula is C25H36N2O4S. The number of carbonyl (C=O) groups excluding carboxylic acids is 1. The van der Waals surface area contributed by atoms with E-state index >= 15 is 0 Å². The zero-order valence-corrected chi connectivity index (χ0v) is 21.6. The van der Waals surface area contributed by atoms with Crippen molar-refractivity contribution in [2.45, 2.75) is 79.4 Å². The molecule has 32 heavy (non-hydrogen) atoms. The van der Waals surface area contributed by atoms with Crippen LogP contribution in [0.5, 0.6) is 5.88 Å². The average Bonchev–Trinajstić information content (AvgIpc) is 3.07. The van der Waals surface area contributed by atoms with Gasteiger partial charge in [-0.15, -0.1) is 0 Å². The van der Waals surface area contributed by atoms with Gasteiger partial charge in [0.25, 0.3) is 0 Å². The number of allylic oxidation sites excluding steroid dienone is 2. The fraction of sp³-hybridized carbons (Fsp3) is 0.520. The molecule has 0 saturated heterocycles. The van der Waals surface area contributed by atoms with Crippen molar-refractivity contribution in [3.05, 3.63) is 46.2 Å². The number of rotatable bonds is 9. The van der Waals surface area contributed by atoms with Gasteiger partial charge in [0.2, 0.25) is 5.88 Å². The van der Waals surface area contributed by atoms with Crippen LogP contribution in [0.2, 0.25) is 0 Å². The summed E-state index contributed by atoms with van der Waals surface area (Å²) in [5.74, 6) is 0.573. The zero-order chi connectivity index (χ0) is 24.4. The van der Waals surface area contributed by atoms with Gasteiger partial charge in [-0.2, -0.15) is 5.10 Å². The second-order valence-corrected chi connectivity index (χ2v) is 11.1. The van der Waals surface area contributed by atoms with E-state index in [9.17, 15) is 13.2 Å². The van der Waals surface area contributed by atoms with Crippen molar-refractivity contribution in [3.63, 3.8) is 0 Å². The summed E-state index contributed by atoms with van der Waals surface area (Å²) >= 11 is 0. The summed E-state index contributed by atoms with van der Waals surface area (Å²) in [5, 5.41) is 4.43. The Hall–Kier alpha value is -2.41. The molecule has 0 spiro atoms. The SMILES string of the molecule is CCC(C)Oc1c(C(=O)c2ccc(S(C)(=O)=O)c(C(C)=C(C)C)c2C)cnn1CC(C)C. The van der Waals surface area contributed by atoms with Gasteiger partial charge >= 0.3 is 0 Å². The van der Waals surface area contributed by atoms with E-state index in [0.717, 1.165) is 17.6 Å². The summed E-state index contributed by atoms with van der Waals surface area (Å²) in [5.41, 5.74) is 3.92. The van der Waals surface area contributed by atoms with Crippen molar-refractivity contribution in [1.29, 1.82) is 0 Å². The number of ether oxygens (including phenoxy) is 1. The molecule has 0 aliphatic carbocycles. The van der Waals surface area contributed by atoms with Crippen LogP contribution in [0.1, 0.15) is 81.9 Å². The molecule has 1 unspecified atom stereocenters. The number of nitrogens with zero attached hydrogens (tertiary/aromatic N) is 2. The molecule has 1 heterocycles. The zero-order valence-electron chi connectivity index (χ0n) is 20.7. The molecule has 0 bridgehead atoms. The molecule has 0 N–H and O–H groups in total. The average molecular weight is 461 g/mol. The van der Waals surface area contributed by atoms with Gasteiger partial charge in [-0.25, -0.2) is 13.1 Å². The van der Waals surface area contributed by atoms with Gasteiger partial charge in [0.1, 0.15) is 5.56 Å². The Morgan fingerprint density at radius 3 is 2.25 bits per heavy atom. The van der Waals surface area contributed by atoms with Crippen molar-refractivity contribution in [3.8, 4) is 5.88 Å². The maximum atomic E-state index is 13.7. The third-order valence-electron chi connectivity index (χ3n) is 5.66. The van der Waals surface area contributed by atoms with Crippen molar-refractivity contribution < 1.29 is 17.9 Å². The van der Waals surface area contributed by atoms with E-state index in [1.54, 1.807) is 23.9 Å². The normalized spacial score (nSPS) is 12.7. The number of hydrogen-bond acceptors (Lipinski definition) is 5. The molecule has 1 aromatic heterocycles. The minimum absolute atomic E-state index is 0.0682. The van der Waals surface area contributed by atoms with Gasteiger partial charge in [0.15, 0.2) is 15.6 Å². The molecule has 6 nitrogen and oxygen atoms in total.